The van der Waals surface area contributed by atoms with E-state index in [4.69, 9.17) is 11.1 Å². The van der Waals surface area contributed by atoms with Gasteiger partial charge in [0.25, 0.3) is 0 Å². The van der Waals surface area contributed by atoms with Crippen molar-refractivity contribution in [3.63, 3.8) is 0 Å². The van der Waals surface area contributed by atoms with Crippen molar-refractivity contribution in [2.24, 2.45) is 17.6 Å². The Bertz CT molecular complexity index is 1240. The normalized spacial score (nSPS) is 18.7. The number of anilines is 1. The predicted molar refractivity (Wildman–Crippen MR) is 163 cm³/mol. The zero-order valence-corrected chi connectivity index (χ0v) is 23.3. The van der Waals surface area contributed by atoms with Gasteiger partial charge in [-0.2, -0.15) is 0 Å². The summed E-state index contributed by atoms with van der Waals surface area (Å²) in [6.45, 7) is 7.11. The number of nitrogen functional groups attached to an aromatic ring is 1. The summed E-state index contributed by atoms with van der Waals surface area (Å²) in [5.41, 5.74) is 9.92. The van der Waals surface area contributed by atoms with E-state index < -0.39 is 0 Å². The number of likely N-dealkylation sites (tertiary alicyclic amines) is 1. The van der Waals surface area contributed by atoms with Crippen molar-refractivity contribution in [3.05, 3.63) is 102 Å². The van der Waals surface area contributed by atoms with Crippen LogP contribution in [0.2, 0.25) is 0 Å². The molecule has 40 heavy (non-hydrogen) atoms. The highest BCUT2D eigenvalue weighted by Crippen LogP contribution is 2.27. The molecular weight excluding hydrogens is 496 g/mol. The van der Waals surface area contributed by atoms with Crippen LogP contribution in [0, 0.1) is 17.2 Å². The summed E-state index contributed by atoms with van der Waals surface area (Å²) in [4.78, 5) is 20.3. The van der Waals surface area contributed by atoms with Crippen LogP contribution in [0.1, 0.15) is 29.5 Å². The minimum Gasteiger partial charge on any atom is -0.384 e. The average Bonchev–Trinajstić information content (AvgIpc) is 2.99. The van der Waals surface area contributed by atoms with E-state index >= 15 is 0 Å². The minimum absolute atomic E-state index is 0.0181. The third-order valence-electron chi connectivity index (χ3n) is 8.19. The summed E-state index contributed by atoms with van der Waals surface area (Å²) in [5.74, 6) is 0.836. The first-order valence-electron chi connectivity index (χ1n) is 14.6. The zero-order chi connectivity index (χ0) is 27.7. The summed E-state index contributed by atoms with van der Waals surface area (Å²) in [7, 11) is 0. The first kappa shape index (κ1) is 27.9. The number of carbonyl (C=O) groups is 1. The van der Waals surface area contributed by atoms with Gasteiger partial charge in [-0.05, 0) is 68.1 Å². The van der Waals surface area contributed by atoms with Crippen LogP contribution in [0.5, 0.6) is 0 Å². The smallest absolute Gasteiger partial charge is 0.324 e. The Labute approximate surface area is 238 Å². The molecule has 2 aliphatic heterocycles. The molecule has 2 heterocycles. The number of hydrogen-bond acceptors (Lipinski definition) is 4. The van der Waals surface area contributed by atoms with Crippen molar-refractivity contribution >= 4 is 17.6 Å². The van der Waals surface area contributed by atoms with Crippen LogP contribution in [0.3, 0.4) is 0 Å². The molecule has 2 fully saturated rings. The minimum atomic E-state index is 0.0181. The van der Waals surface area contributed by atoms with Crippen LogP contribution in [-0.4, -0.2) is 67.5 Å². The van der Waals surface area contributed by atoms with Crippen LogP contribution in [0.25, 0.3) is 0 Å². The molecule has 0 spiro atoms. The fourth-order valence-corrected chi connectivity index (χ4v) is 5.96. The molecule has 4 N–H and O–H groups in total. The van der Waals surface area contributed by atoms with Crippen LogP contribution in [-0.2, 0) is 13.0 Å². The third kappa shape index (κ3) is 7.49. The Morgan fingerprint density at radius 2 is 1.57 bits per heavy atom. The number of nitrogens with zero attached hydrogens (tertiary/aromatic N) is 3. The molecule has 3 aromatic carbocycles. The SMILES string of the molecule is N=C(N)c1cccc(N2CC(CNCCc3ccccc3)CN(CC3CCN(Cc4ccccc4)CC3)C2=O)c1. The van der Waals surface area contributed by atoms with Gasteiger partial charge in [-0.3, -0.25) is 15.2 Å². The van der Waals surface area contributed by atoms with Gasteiger partial charge < -0.3 is 16.0 Å². The molecule has 1 atom stereocenters. The van der Waals surface area contributed by atoms with Gasteiger partial charge in [0.15, 0.2) is 0 Å². The van der Waals surface area contributed by atoms with E-state index in [1.54, 1.807) is 0 Å². The Morgan fingerprint density at radius 1 is 0.875 bits per heavy atom. The van der Waals surface area contributed by atoms with E-state index in [1.807, 2.05) is 35.2 Å². The van der Waals surface area contributed by atoms with Crippen molar-refractivity contribution in [1.29, 1.82) is 5.41 Å². The molecule has 2 saturated heterocycles. The van der Waals surface area contributed by atoms with Gasteiger partial charge in [0.1, 0.15) is 5.84 Å². The number of carbonyl (C=O) groups excluding carboxylic acids is 1. The van der Waals surface area contributed by atoms with Crippen LogP contribution < -0.4 is 16.0 Å². The molecule has 0 aliphatic carbocycles. The number of nitrogens with one attached hydrogen (secondary N) is 2. The Balaban J connectivity index is 1.21. The summed E-state index contributed by atoms with van der Waals surface area (Å²) in [5, 5.41) is 11.5. The lowest BCUT2D eigenvalue weighted by molar-refractivity contribution is 0.129. The van der Waals surface area contributed by atoms with Crippen molar-refractivity contribution < 1.29 is 4.79 Å². The fraction of sp³-hybridized carbons (Fsp3) is 0.394. The summed E-state index contributed by atoms with van der Waals surface area (Å²) in [6, 6.07) is 28.8. The molecule has 0 saturated carbocycles. The van der Waals surface area contributed by atoms with E-state index in [0.717, 1.165) is 70.8 Å². The Morgan fingerprint density at radius 3 is 2.27 bits per heavy atom. The van der Waals surface area contributed by atoms with E-state index in [2.05, 4.69) is 69.7 Å². The van der Waals surface area contributed by atoms with Gasteiger partial charge >= 0.3 is 6.03 Å². The molecule has 210 valence electrons. The van der Waals surface area contributed by atoms with Gasteiger partial charge in [-0.1, -0.05) is 72.8 Å². The standard InChI is InChI=1S/C33H42N6O/c34-32(35)30-12-7-13-31(20-30)39-25-29(21-36-17-14-26-8-3-1-4-9-26)24-38(33(39)40)23-28-15-18-37(19-16-28)22-27-10-5-2-6-11-27/h1-13,20,28-29,36H,14-19,21-25H2,(H3,34,35). The van der Waals surface area contributed by atoms with Crippen LogP contribution in [0.15, 0.2) is 84.9 Å². The van der Waals surface area contributed by atoms with Crippen molar-refractivity contribution in [2.45, 2.75) is 25.8 Å². The predicted octanol–water partition coefficient (Wildman–Crippen LogP) is 4.57. The topological polar surface area (TPSA) is 88.7 Å². The molecule has 0 aromatic heterocycles. The number of piperidine rings is 1. The highest BCUT2D eigenvalue weighted by molar-refractivity contribution is 5.98. The molecule has 7 nitrogen and oxygen atoms in total. The number of urea groups is 1. The van der Waals surface area contributed by atoms with Gasteiger partial charge in [0.2, 0.25) is 0 Å². The van der Waals surface area contributed by atoms with Crippen LogP contribution >= 0.6 is 0 Å². The lowest BCUT2D eigenvalue weighted by atomic mass is 9.94. The number of amides is 2. The lowest BCUT2D eigenvalue weighted by Crippen LogP contribution is -2.57. The lowest BCUT2D eigenvalue weighted by Gasteiger charge is -2.43. The quantitative estimate of drug-likeness (QED) is 0.190. The maximum absolute atomic E-state index is 13.8. The van der Waals surface area contributed by atoms with Gasteiger partial charge in [-0.15, -0.1) is 0 Å². The fourth-order valence-electron chi connectivity index (χ4n) is 5.96. The average molecular weight is 539 g/mol. The van der Waals surface area contributed by atoms with Gasteiger partial charge in [-0.25, -0.2) is 4.79 Å². The highest BCUT2D eigenvalue weighted by atomic mass is 16.2. The number of amidine groups is 1. The molecule has 0 radical (unpaired) electrons. The van der Waals surface area contributed by atoms with Crippen molar-refractivity contribution in [1.82, 2.24) is 15.1 Å². The maximum Gasteiger partial charge on any atom is 0.324 e. The number of rotatable bonds is 11. The summed E-state index contributed by atoms with van der Waals surface area (Å²) < 4.78 is 0. The molecule has 1 unspecified atom stereocenters. The Hall–Kier alpha value is -3.68. The first-order valence-corrected chi connectivity index (χ1v) is 14.6. The van der Waals surface area contributed by atoms with E-state index in [-0.39, 0.29) is 11.9 Å². The summed E-state index contributed by atoms with van der Waals surface area (Å²) in [6.07, 6.45) is 3.20. The van der Waals surface area contributed by atoms with Gasteiger partial charge in [0, 0.05) is 49.9 Å². The molecule has 2 aliphatic rings. The second-order valence-corrected chi connectivity index (χ2v) is 11.3. The molecule has 3 aromatic rings. The third-order valence-corrected chi connectivity index (χ3v) is 8.19. The number of hydrogen-bond donors (Lipinski definition) is 3. The molecule has 2 amide bonds. The second-order valence-electron chi connectivity index (χ2n) is 11.3. The first-order chi connectivity index (χ1) is 19.5. The molecular formula is C33H42N6O. The van der Waals surface area contributed by atoms with E-state index in [1.165, 1.54) is 11.1 Å². The molecule has 7 heteroatoms. The van der Waals surface area contributed by atoms with E-state index in [9.17, 15) is 4.79 Å². The molecule has 0 bridgehead atoms. The summed E-state index contributed by atoms with van der Waals surface area (Å²) >= 11 is 0. The van der Waals surface area contributed by atoms with Crippen molar-refractivity contribution in [3.8, 4) is 0 Å². The highest BCUT2D eigenvalue weighted by Gasteiger charge is 2.34. The maximum atomic E-state index is 13.8. The second kappa shape index (κ2) is 13.6. The monoisotopic (exact) mass is 538 g/mol. The largest absolute Gasteiger partial charge is 0.384 e. The zero-order valence-electron chi connectivity index (χ0n) is 23.3. The molecule has 5 rings (SSSR count). The van der Waals surface area contributed by atoms with Gasteiger partial charge in [0.05, 0.1) is 0 Å². The van der Waals surface area contributed by atoms with Crippen LogP contribution in [0.4, 0.5) is 10.5 Å². The van der Waals surface area contributed by atoms with E-state index in [0.29, 0.717) is 23.9 Å². The number of nitrogens with two attached hydrogens (primary N) is 1. The number of benzene rings is 3. The van der Waals surface area contributed by atoms with Crippen molar-refractivity contribution in [2.75, 3.05) is 50.7 Å². The Kier molecular flexibility index (Phi) is 9.47.